The number of rotatable bonds is 6. The van der Waals surface area contributed by atoms with E-state index in [1.54, 1.807) is 0 Å². The van der Waals surface area contributed by atoms with Crippen LogP contribution in [0.5, 0.6) is 0 Å². The third kappa shape index (κ3) is 2.86. The van der Waals surface area contributed by atoms with Crippen LogP contribution >= 0.6 is 0 Å². The van der Waals surface area contributed by atoms with Crippen molar-refractivity contribution in [2.24, 2.45) is 0 Å². The van der Waals surface area contributed by atoms with Gasteiger partial charge in [-0.25, -0.2) is 8.78 Å². The zero-order valence-corrected chi connectivity index (χ0v) is 10.4. The Labute approximate surface area is 124 Å². The zero-order valence-electron chi connectivity index (χ0n) is 10.4. The normalized spacial score (nSPS) is 16.6. The Kier molecular flexibility index (Phi) is 5.38. The van der Waals surface area contributed by atoms with Gasteiger partial charge in [-0.3, -0.25) is 0 Å². The summed E-state index contributed by atoms with van der Waals surface area (Å²) in [6.45, 7) is 0. The van der Waals surface area contributed by atoms with Crippen molar-refractivity contribution in [3.05, 3.63) is 6.43 Å². The van der Waals surface area contributed by atoms with Crippen molar-refractivity contribution in [2.75, 3.05) is 0 Å². The summed E-state index contributed by atoms with van der Waals surface area (Å²) < 4.78 is 209. The highest BCUT2D eigenvalue weighted by molar-refractivity contribution is 5.15. The average molecular weight is 419 g/mol. The molecule has 152 valence electrons. The molecule has 0 bridgehead atoms. The third-order valence-electron chi connectivity index (χ3n) is 2.57. The smallest absolute Gasteiger partial charge is 0.415 e. The predicted molar refractivity (Wildman–Crippen MR) is 41.2 cm³/mol. The first-order valence-corrected chi connectivity index (χ1v) is 4.96. The number of halogens is 17. The molecule has 0 spiro atoms. The highest BCUT2D eigenvalue weighted by Crippen LogP contribution is 2.63. The summed E-state index contributed by atoms with van der Waals surface area (Å²) in [5.74, 6) is -49.4. The van der Waals surface area contributed by atoms with E-state index >= 15 is 0 Å². The zero-order chi connectivity index (χ0) is 21.1. The molecule has 0 aliphatic carbocycles. The van der Waals surface area contributed by atoms with E-state index in [1.807, 2.05) is 0 Å². The standard InChI is InChI=1S/C8F17/c9-1(10)2(11,12)3(13,14)4(15,16)5(17,18)6(19,20)7(21,22)8(23,24)25/q-1. The lowest BCUT2D eigenvalue weighted by molar-refractivity contribution is -0.453. The third-order valence-corrected chi connectivity index (χ3v) is 2.57. The van der Waals surface area contributed by atoms with Crippen molar-refractivity contribution >= 4 is 0 Å². The van der Waals surface area contributed by atoms with Gasteiger partial charge < -0.3 is 8.78 Å². The maximum absolute atomic E-state index is 12.7. The number of hydrogen-bond acceptors (Lipinski definition) is 0. The van der Waals surface area contributed by atoms with Crippen molar-refractivity contribution in [1.82, 2.24) is 0 Å². The van der Waals surface area contributed by atoms with E-state index < -0.39 is 48.1 Å². The van der Waals surface area contributed by atoms with Crippen molar-refractivity contribution in [3.8, 4) is 0 Å². The Morgan fingerprint density at radius 3 is 0.840 bits per heavy atom. The molecule has 0 aliphatic rings. The van der Waals surface area contributed by atoms with E-state index in [4.69, 9.17) is 0 Å². The van der Waals surface area contributed by atoms with Crippen molar-refractivity contribution in [3.63, 3.8) is 0 Å². The average Bonchev–Trinajstić information content (AvgIpc) is 2.35. The van der Waals surface area contributed by atoms with Crippen LogP contribution in [0.25, 0.3) is 0 Å². The SMILES string of the molecule is F[C-](F)C(F)(F)C(F)(F)C(F)(F)C(F)(F)C(F)(F)C(F)(F)C(F)(F)F. The summed E-state index contributed by atoms with van der Waals surface area (Å²) >= 11 is 0. The van der Waals surface area contributed by atoms with Crippen LogP contribution in [0.2, 0.25) is 0 Å². The Hall–Kier alpha value is -1.19. The van der Waals surface area contributed by atoms with Crippen molar-refractivity contribution in [2.45, 2.75) is 41.7 Å². The molecule has 0 heterocycles. The Morgan fingerprint density at radius 2 is 0.600 bits per heavy atom. The van der Waals surface area contributed by atoms with Crippen LogP contribution in [0.15, 0.2) is 0 Å². The molecule has 0 atom stereocenters. The minimum Gasteiger partial charge on any atom is -0.415 e. The fourth-order valence-corrected chi connectivity index (χ4v) is 1.09. The van der Waals surface area contributed by atoms with Gasteiger partial charge in [-0.05, 0) is 0 Å². The van der Waals surface area contributed by atoms with Crippen molar-refractivity contribution < 1.29 is 74.6 Å². The molecule has 0 aromatic rings. The highest BCUT2D eigenvalue weighted by atomic mass is 19.4. The molecule has 0 amide bonds. The maximum Gasteiger partial charge on any atom is 0.460 e. The first-order chi connectivity index (χ1) is 10.4. The molecular formula is C8F17-. The van der Waals surface area contributed by atoms with Gasteiger partial charge in [0.05, 0.1) is 6.43 Å². The van der Waals surface area contributed by atoms with E-state index in [0.29, 0.717) is 0 Å². The van der Waals surface area contributed by atoms with E-state index in [1.165, 1.54) is 0 Å². The van der Waals surface area contributed by atoms with Gasteiger partial charge in [0.2, 0.25) is 0 Å². The molecule has 0 aliphatic heterocycles. The quantitative estimate of drug-likeness (QED) is 0.378. The van der Waals surface area contributed by atoms with Crippen LogP contribution < -0.4 is 0 Å². The molecule has 0 aromatic heterocycles. The molecule has 17 heteroatoms. The lowest BCUT2D eigenvalue weighted by Gasteiger charge is -2.43. The summed E-state index contributed by atoms with van der Waals surface area (Å²) in [7, 11) is 0. The molecule has 0 saturated carbocycles. The van der Waals surface area contributed by atoms with Gasteiger partial charge in [-0.15, -0.1) is 0 Å². The van der Waals surface area contributed by atoms with E-state index in [9.17, 15) is 74.6 Å². The number of hydrogen-bond donors (Lipinski definition) is 0. The summed E-state index contributed by atoms with van der Waals surface area (Å²) in [6.07, 6.45) is -12.8. The Balaban J connectivity index is 6.50. The second-order valence-corrected chi connectivity index (χ2v) is 4.20. The van der Waals surface area contributed by atoms with Gasteiger partial charge >= 0.3 is 35.8 Å². The second-order valence-electron chi connectivity index (χ2n) is 4.20. The van der Waals surface area contributed by atoms with Crippen LogP contribution in [0.1, 0.15) is 0 Å². The summed E-state index contributed by atoms with van der Waals surface area (Å²) in [4.78, 5) is 0. The predicted octanol–water partition coefficient (Wildman–Crippen LogP) is 5.79. The fraction of sp³-hybridized carbons (Fsp3) is 0.875. The Bertz CT molecular complexity index is 481. The van der Waals surface area contributed by atoms with Gasteiger partial charge in [0.1, 0.15) is 0 Å². The first-order valence-electron chi connectivity index (χ1n) is 4.96. The second kappa shape index (κ2) is 5.65. The van der Waals surface area contributed by atoms with E-state index in [-0.39, 0.29) is 0 Å². The van der Waals surface area contributed by atoms with Crippen LogP contribution in [-0.4, -0.2) is 41.7 Å². The summed E-state index contributed by atoms with van der Waals surface area (Å²) in [5, 5.41) is 0. The van der Waals surface area contributed by atoms with Crippen molar-refractivity contribution in [1.29, 1.82) is 0 Å². The van der Waals surface area contributed by atoms with Crippen LogP contribution in [-0.2, 0) is 0 Å². The fourth-order valence-electron chi connectivity index (χ4n) is 1.09. The first kappa shape index (κ1) is 23.8. The molecule has 0 unspecified atom stereocenters. The minimum absolute atomic E-state index is 5.03. The molecule has 25 heavy (non-hydrogen) atoms. The molecular weight excluding hydrogens is 419 g/mol. The Morgan fingerprint density at radius 1 is 0.360 bits per heavy atom. The van der Waals surface area contributed by atoms with Gasteiger partial charge in [0.25, 0.3) is 5.92 Å². The summed E-state index contributed by atoms with van der Waals surface area (Å²) in [6, 6.07) is 0. The highest BCUT2D eigenvalue weighted by Gasteiger charge is 2.92. The van der Waals surface area contributed by atoms with Gasteiger partial charge in [0, 0.05) is 0 Å². The van der Waals surface area contributed by atoms with Gasteiger partial charge in [-0.1, -0.05) is 0 Å². The lowest BCUT2D eigenvalue weighted by Crippen LogP contribution is -2.72. The van der Waals surface area contributed by atoms with E-state index in [2.05, 4.69) is 0 Å². The van der Waals surface area contributed by atoms with Crippen LogP contribution in [0.3, 0.4) is 0 Å². The lowest BCUT2D eigenvalue weighted by atomic mass is 9.91. The molecule has 0 N–H and O–H groups in total. The molecule has 0 aromatic carbocycles. The number of alkyl halides is 15. The molecule has 0 radical (unpaired) electrons. The van der Waals surface area contributed by atoms with Gasteiger partial charge in [0.15, 0.2) is 0 Å². The molecule has 0 fully saturated rings. The largest absolute Gasteiger partial charge is 0.460 e. The van der Waals surface area contributed by atoms with E-state index in [0.717, 1.165) is 0 Å². The van der Waals surface area contributed by atoms with Crippen LogP contribution in [0, 0.1) is 6.43 Å². The minimum atomic E-state index is -8.55. The monoisotopic (exact) mass is 419 g/mol. The molecule has 0 saturated heterocycles. The maximum atomic E-state index is 12.7. The van der Waals surface area contributed by atoms with Crippen LogP contribution in [0.4, 0.5) is 74.6 Å². The topological polar surface area (TPSA) is 0 Å². The molecule has 0 nitrogen and oxygen atoms in total. The summed E-state index contributed by atoms with van der Waals surface area (Å²) in [5.41, 5.74) is 0. The van der Waals surface area contributed by atoms with Gasteiger partial charge in [-0.2, -0.15) is 57.1 Å². The molecule has 0 rings (SSSR count).